The predicted molar refractivity (Wildman–Crippen MR) is 89.9 cm³/mol. The van der Waals surface area contributed by atoms with Gasteiger partial charge in [-0.3, -0.25) is 9.59 Å². The van der Waals surface area contributed by atoms with E-state index >= 15 is 0 Å². The van der Waals surface area contributed by atoms with Crippen LogP contribution in [0.3, 0.4) is 0 Å². The van der Waals surface area contributed by atoms with Crippen LogP contribution >= 0.6 is 0 Å². The molecule has 1 aromatic carbocycles. The Morgan fingerprint density at radius 2 is 1.73 bits per heavy atom. The third kappa shape index (κ3) is 5.39. The summed E-state index contributed by atoms with van der Waals surface area (Å²) in [4.78, 5) is 23.9. The maximum absolute atomic E-state index is 12.1. The van der Waals surface area contributed by atoms with Crippen LogP contribution in [0.4, 0.5) is 5.69 Å². The van der Waals surface area contributed by atoms with E-state index < -0.39 is 6.04 Å². The minimum absolute atomic E-state index is 0.150. The molecule has 0 unspecified atom stereocenters. The van der Waals surface area contributed by atoms with Gasteiger partial charge in [0.1, 0.15) is 6.04 Å². The molecule has 0 aliphatic rings. The third-order valence-corrected chi connectivity index (χ3v) is 3.51. The molecule has 3 N–H and O–H groups in total. The first-order chi connectivity index (χ1) is 10.3. The van der Waals surface area contributed by atoms with E-state index in [1.807, 2.05) is 45.9 Å². The number of rotatable bonds is 7. The largest absolute Gasteiger partial charge is 0.376 e. The molecule has 0 radical (unpaired) electrons. The molecule has 0 aromatic heterocycles. The Labute approximate surface area is 132 Å². The molecule has 2 amide bonds. The number of benzene rings is 1. The van der Waals surface area contributed by atoms with Gasteiger partial charge in [-0.25, -0.2) is 0 Å². The van der Waals surface area contributed by atoms with Crippen molar-refractivity contribution in [2.75, 3.05) is 18.9 Å². The van der Waals surface area contributed by atoms with Crippen LogP contribution < -0.4 is 16.0 Å². The van der Waals surface area contributed by atoms with Gasteiger partial charge >= 0.3 is 0 Å². The lowest BCUT2D eigenvalue weighted by Crippen LogP contribution is -2.48. The van der Waals surface area contributed by atoms with Crippen molar-refractivity contribution in [3.05, 3.63) is 29.3 Å². The highest BCUT2D eigenvalue weighted by Gasteiger charge is 2.20. The van der Waals surface area contributed by atoms with Crippen molar-refractivity contribution in [3.63, 3.8) is 0 Å². The second kappa shape index (κ2) is 8.41. The summed E-state index contributed by atoms with van der Waals surface area (Å²) in [5.74, 6) is -0.0137. The van der Waals surface area contributed by atoms with Crippen molar-refractivity contribution in [2.24, 2.45) is 5.92 Å². The van der Waals surface area contributed by atoms with E-state index in [1.165, 1.54) is 0 Å². The van der Waals surface area contributed by atoms with Crippen LogP contribution in [0.25, 0.3) is 0 Å². The molecule has 22 heavy (non-hydrogen) atoms. The molecule has 1 aromatic rings. The summed E-state index contributed by atoms with van der Waals surface area (Å²) in [5.41, 5.74) is 3.16. The van der Waals surface area contributed by atoms with Crippen LogP contribution in [0.15, 0.2) is 18.2 Å². The predicted octanol–water partition coefficient (Wildman–Crippen LogP) is 1.99. The highest BCUT2D eigenvalue weighted by atomic mass is 16.2. The lowest BCUT2D eigenvalue weighted by Gasteiger charge is -2.20. The molecule has 0 aliphatic carbocycles. The summed E-state index contributed by atoms with van der Waals surface area (Å²) in [5, 5.41) is 8.54. The van der Waals surface area contributed by atoms with Gasteiger partial charge in [0.2, 0.25) is 11.8 Å². The van der Waals surface area contributed by atoms with Crippen LogP contribution in [0.1, 0.15) is 31.4 Å². The summed E-state index contributed by atoms with van der Waals surface area (Å²) < 4.78 is 0. The molecular formula is C17H27N3O2. The first-order valence-corrected chi connectivity index (χ1v) is 7.66. The number of para-hydroxylation sites is 1. The zero-order valence-corrected chi connectivity index (χ0v) is 14.1. The Bertz CT molecular complexity index is 506. The standard InChI is InChI=1S/C17H27N3O2/c1-11(2)9-14(17(22)18-5)20-15(21)10-19-16-12(3)7-6-8-13(16)4/h6-8,11,14,19H,9-10H2,1-5H3,(H,18,22)(H,20,21)/t14-/m0/s1. The zero-order chi connectivity index (χ0) is 16.7. The van der Waals surface area contributed by atoms with Crippen LogP contribution in [-0.4, -0.2) is 31.4 Å². The van der Waals surface area contributed by atoms with E-state index in [9.17, 15) is 9.59 Å². The summed E-state index contributed by atoms with van der Waals surface area (Å²) in [6.07, 6.45) is 0.620. The van der Waals surface area contributed by atoms with E-state index in [0.29, 0.717) is 12.3 Å². The van der Waals surface area contributed by atoms with Gasteiger partial charge in [0.25, 0.3) is 0 Å². The number of nitrogens with one attached hydrogen (secondary N) is 3. The van der Waals surface area contributed by atoms with E-state index in [2.05, 4.69) is 16.0 Å². The number of likely N-dealkylation sites (N-methyl/N-ethyl adjacent to an activating group) is 1. The summed E-state index contributed by atoms with van der Waals surface area (Å²) in [6, 6.07) is 5.50. The second-order valence-corrected chi connectivity index (χ2v) is 5.98. The molecular weight excluding hydrogens is 278 g/mol. The van der Waals surface area contributed by atoms with Gasteiger partial charge in [-0.1, -0.05) is 32.0 Å². The fraction of sp³-hybridized carbons (Fsp3) is 0.529. The minimum Gasteiger partial charge on any atom is -0.376 e. The molecule has 0 saturated carbocycles. The average molecular weight is 305 g/mol. The van der Waals surface area contributed by atoms with Crippen LogP contribution in [-0.2, 0) is 9.59 Å². The number of carbonyl (C=O) groups excluding carboxylic acids is 2. The fourth-order valence-corrected chi connectivity index (χ4v) is 2.38. The quantitative estimate of drug-likeness (QED) is 0.721. The first kappa shape index (κ1) is 18.0. The third-order valence-electron chi connectivity index (χ3n) is 3.51. The zero-order valence-electron chi connectivity index (χ0n) is 14.1. The molecule has 0 bridgehead atoms. The maximum Gasteiger partial charge on any atom is 0.242 e. The van der Waals surface area contributed by atoms with Crippen molar-refractivity contribution >= 4 is 17.5 Å². The lowest BCUT2D eigenvalue weighted by molar-refractivity contribution is -0.128. The highest BCUT2D eigenvalue weighted by Crippen LogP contribution is 2.18. The molecule has 0 spiro atoms. The Kier molecular flexibility index (Phi) is 6.89. The van der Waals surface area contributed by atoms with Crippen molar-refractivity contribution in [2.45, 2.75) is 40.2 Å². The minimum atomic E-state index is -0.489. The highest BCUT2D eigenvalue weighted by molar-refractivity contribution is 5.89. The SMILES string of the molecule is CNC(=O)[C@H](CC(C)C)NC(=O)CNc1c(C)cccc1C. The number of hydrogen-bond acceptors (Lipinski definition) is 3. The van der Waals surface area contributed by atoms with E-state index in [0.717, 1.165) is 16.8 Å². The number of aryl methyl sites for hydroxylation is 2. The first-order valence-electron chi connectivity index (χ1n) is 7.66. The number of anilines is 1. The number of hydrogen-bond donors (Lipinski definition) is 3. The normalized spacial score (nSPS) is 11.9. The number of amides is 2. The summed E-state index contributed by atoms with van der Waals surface area (Å²) in [7, 11) is 1.58. The Balaban J connectivity index is 2.62. The van der Waals surface area contributed by atoms with Gasteiger partial charge in [0, 0.05) is 12.7 Å². The fourth-order valence-electron chi connectivity index (χ4n) is 2.38. The molecule has 0 aliphatic heterocycles. The molecule has 1 atom stereocenters. The van der Waals surface area contributed by atoms with E-state index in [-0.39, 0.29) is 18.4 Å². The summed E-state index contributed by atoms with van der Waals surface area (Å²) in [6.45, 7) is 8.20. The van der Waals surface area contributed by atoms with Crippen LogP contribution in [0.5, 0.6) is 0 Å². The maximum atomic E-state index is 12.1. The smallest absolute Gasteiger partial charge is 0.242 e. The number of carbonyl (C=O) groups is 2. The van der Waals surface area contributed by atoms with Crippen molar-refractivity contribution < 1.29 is 9.59 Å². The lowest BCUT2D eigenvalue weighted by atomic mass is 10.0. The van der Waals surface area contributed by atoms with Crippen molar-refractivity contribution in [3.8, 4) is 0 Å². The summed E-state index contributed by atoms with van der Waals surface area (Å²) >= 11 is 0. The molecule has 0 saturated heterocycles. The van der Waals surface area contributed by atoms with Gasteiger partial charge in [0.05, 0.1) is 6.54 Å². The van der Waals surface area contributed by atoms with Gasteiger partial charge in [-0.05, 0) is 37.3 Å². The van der Waals surface area contributed by atoms with Gasteiger partial charge in [0.15, 0.2) is 0 Å². The van der Waals surface area contributed by atoms with Crippen molar-refractivity contribution in [1.82, 2.24) is 10.6 Å². The molecule has 122 valence electrons. The Morgan fingerprint density at radius 1 is 1.14 bits per heavy atom. The molecule has 5 heteroatoms. The Morgan fingerprint density at radius 3 is 2.23 bits per heavy atom. The van der Waals surface area contributed by atoms with Crippen molar-refractivity contribution in [1.29, 1.82) is 0 Å². The van der Waals surface area contributed by atoms with Gasteiger partial charge < -0.3 is 16.0 Å². The Hall–Kier alpha value is -2.04. The van der Waals surface area contributed by atoms with Crippen LogP contribution in [0.2, 0.25) is 0 Å². The van der Waals surface area contributed by atoms with Gasteiger partial charge in [-0.15, -0.1) is 0 Å². The molecule has 5 nitrogen and oxygen atoms in total. The average Bonchev–Trinajstić information content (AvgIpc) is 2.44. The topological polar surface area (TPSA) is 70.2 Å². The molecule has 1 rings (SSSR count). The van der Waals surface area contributed by atoms with Crippen LogP contribution in [0, 0.1) is 19.8 Å². The monoisotopic (exact) mass is 305 g/mol. The second-order valence-electron chi connectivity index (χ2n) is 5.98. The van der Waals surface area contributed by atoms with E-state index in [4.69, 9.17) is 0 Å². The molecule has 0 heterocycles. The molecule has 0 fully saturated rings. The van der Waals surface area contributed by atoms with E-state index in [1.54, 1.807) is 7.05 Å². The van der Waals surface area contributed by atoms with Gasteiger partial charge in [-0.2, -0.15) is 0 Å².